The summed E-state index contributed by atoms with van der Waals surface area (Å²) in [4.78, 5) is 22.2. The SMILES string of the molecule is C=C(C(N)=O)c1ccc(Cc2ccc(C(=C)C(N)=O)cc2)cc1. The van der Waals surface area contributed by atoms with Crippen molar-refractivity contribution < 1.29 is 9.59 Å². The van der Waals surface area contributed by atoms with E-state index in [4.69, 9.17) is 11.5 Å². The summed E-state index contributed by atoms with van der Waals surface area (Å²) in [7, 11) is 0. The Morgan fingerprint density at radius 1 is 0.696 bits per heavy atom. The molecule has 0 saturated carbocycles. The van der Waals surface area contributed by atoms with Crippen LogP contribution in [0.15, 0.2) is 61.7 Å². The number of benzene rings is 2. The molecule has 4 N–H and O–H groups in total. The van der Waals surface area contributed by atoms with E-state index in [2.05, 4.69) is 13.2 Å². The highest BCUT2D eigenvalue weighted by Gasteiger charge is 2.06. The molecule has 0 atom stereocenters. The Hall–Kier alpha value is -3.14. The van der Waals surface area contributed by atoms with Crippen LogP contribution in [0.1, 0.15) is 22.3 Å². The van der Waals surface area contributed by atoms with Crippen molar-refractivity contribution in [3.63, 3.8) is 0 Å². The number of primary amides is 2. The van der Waals surface area contributed by atoms with Gasteiger partial charge in [0, 0.05) is 11.1 Å². The molecule has 0 fully saturated rings. The summed E-state index contributed by atoms with van der Waals surface area (Å²) in [5, 5.41) is 0. The first-order valence-electron chi connectivity index (χ1n) is 7.04. The Labute approximate surface area is 135 Å². The second-order valence-corrected chi connectivity index (χ2v) is 5.26. The van der Waals surface area contributed by atoms with Gasteiger partial charge in [-0.15, -0.1) is 0 Å². The van der Waals surface area contributed by atoms with Crippen molar-refractivity contribution in [1.29, 1.82) is 0 Å². The molecule has 0 saturated heterocycles. The lowest BCUT2D eigenvalue weighted by Crippen LogP contribution is -2.12. The van der Waals surface area contributed by atoms with Gasteiger partial charge in [-0.05, 0) is 28.7 Å². The maximum Gasteiger partial charge on any atom is 0.248 e. The lowest BCUT2D eigenvalue weighted by Gasteiger charge is -2.07. The number of rotatable bonds is 6. The van der Waals surface area contributed by atoms with Crippen molar-refractivity contribution >= 4 is 23.0 Å². The molecular formula is C19H18N2O2. The van der Waals surface area contributed by atoms with Crippen LogP contribution in [0.3, 0.4) is 0 Å². The highest BCUT2D eigenvalue weighted by molar-refractivity contribution is 6.18. The molecule has 0 aliphatic rings. The molecule has 4 nitrogen and oxygen atoms in total. The maximum atomic E-state index is 11.1. The third-order valence-electron chi connectivity index (χ3n) is 3.61. The number of carbonyl (C=O) groups is 2. The lowest BCUT2D eigenvalue weighted by atomic mass is 9.99. The summed E-state index contributed by atoms with van der Waals surface area (Å²) in [6, 6.07) is 15.0. The minimum absolute atomic E-state index is 0.297. The Kier molecular flexibility index (Phi) is 4.76. The summed E-state index contributed by atoms with van der Waals surface area (Å²) in [6.07, 6.45) is 0.729. The molecule has 0 radical (unpaired) electrons. The molecule has 0 unspecified atom stereocenters. The van der Waals surface area contributed by atoms with Crippen LogP contribution in [-0.4, -0.2) is 11.8 Å². The molecule has 0 bridgehead atoms. The zero-order valence-electron chi connectivity index (χ0n) is 12.7. The van der Waals surface area contributed by atoms with Gasteiger partial charge in [-0.25, -0.2) is 0 Å². The zero-order chi connectivity index (χ0) is 17.0. The minimum Gasteiger partial charge on any atom is -0.366 e. The summed E-state index contributed by atoms with van der Waals surface area (Å²) in [5.41, 5.74) is 14.6. The first-order valence-corrected chi connectivity index (χ1v) is 7.04. The van der Waals surface area contributed by atoms with Crippen molar-refractivity contribution in [3.05, 3.63) is 83.9 Å². The van der Waals surface area contributed by atoms with E-state index in [1.807, 2.05) is 48.5 Å². The first kappa shape index (κ1) is 16.2. The Morgan fingerprint density at radius 2 is 1.00 bits per heavy atom. The molecule has 2 aromatic rings. The van der Waals surface area contributed by atoms with E-state index in [0.29, 0.717) is 22.3 Å². The van der Waals surface area contributed by atoms with Gasteiger partial charge in [-0.1, -0.05) is 61.7 Å². The highest BCUT2D eigenvalue weighted by Crippen LogP contribution is 2.17. The van der Waals surface area contributed by atoms with Crippen molar-refractivity contribution in [2.45, 2.75) is 6.42 Å². The Balaban J connectivity index is 2.10. The van der Waals surface area contributed by atoms with Crippen LogP contribution < -0.4 is 11.5 Å². The van der Waals surface area contributed by atoms with E-state index >= 15 is 0 Å². The van der Waals surface area contributed by atoms with E-state index in [-0.39, 0.29) is 0 Å². The fraction of sp³-hybridized carbons (Fsp3) is 0.0526. The monoisotopic (exact) mass is 306 g/mol. The van der Waals surface area contributed by atoms with Crippen LogP contribution in [0.5, 0.6) is 0 Å². The molecule has 0 heterocycles. The number of hydrogen-bond donors (Lipinski definition) is 2. The van der Waals surface area contributed by atoms with Gasteiger partial charge in [0.05, 0.1) is 0 Å². The molecule has 0 spiro atoms. The molecule has 0 aromatic heterocycles. The molecule has 23 heavy (non-hydrogen) atoms. The molecule has 2 aromatic carbocycles. The number of hydrogen-bond acceptors (Lipinski definition) is 2. The fourth-order valence-corrected chi connectivity index (χ4v) is 2.17. The van der Waals surface area contributed by atoms with Gasteiger partial charge in [0.2, 0.25) is 11.8 Å². The molecule has 2 rings (SSSR count). The van der Waals surface area contributed by atoms with Crippen molar-refractivity contribution in [1.82, 2.24) is 0 Å². The third-order valence-corrected chi connectivity index (χ3v) is 3.61. The van der Waals surface area contributed by atoms with Gasteiger partial charge < -0.3 is 11.5 Å². The number of carbonyl (C=O) groups excluding carboxylic acids is 2. The van der Waals surface area contributed by atoms with Gasteiger partial charge in [0.15, 0.2) is 0 Å². The van der Waals surface area contributed by atoms with Gasteiger partial charge in [0.1, 0.15) is 0 Å². The number of nitrogens with two attached hydrogens (primary N) is 2. The fourth-order valence-electron chi connectivity index (χ4n) is 2.17. The Morgan fingerprint density at radius 3 is 1.26 bits per heavy atom. The largest absolute Gasteiger partial charge is 0.366 e. The van der Waals surface area contributed by atoms with Crippen LogP contribution in [0, 0.1) is 0 Å². The van der Waals surface area contributed by atoms with Crippen molar-refractivity contribution in [3.8, 4) is 0 Å². The highest BCUT2D eigenvalue weighted by atomic mass is 16.1. The Bertz CT molecular complexity index is 705. The minimum atomic E-state index is -0.525. The summed E-state index contributed by atoms with van der Waals surface area (Å²) in [6.45, 7) is 7.32. The van der Waals surface area contributed by atoms with E-state index in [1.165, 1.54) is 0 Å². The van der Waals surface area contributed by atoms with E-state index in [0.717, 1.165) is 17.5 Å². The molecule has 0 aliphatic carbocycles. The smallest absolute Gasteiger partial charge is 0.248 e. The molecular weight excluding hydrogens is 288 g/mol. The van der Waals surface area contributed by atoms with Crippen LogP contribution in [-0.2, 0) is 16.0 Å². The van der Waals surface area contributed by atoms with Crippen LogP contribution in [0.4, 0.5) is 0 Å². The summed E-state index contributed by atoms with van der Waals surface area (Å²) < 4.78 is 0. The van der Waals surface area contributed by atoms with Crippen molar-refractivity contribution in [2.24, 2.45) is 11.5 Å². The first-order chi connectivity index (χ1) is 10.9. The zero-order valence-corrected chi connectivity index (χ0v) is 12.7. The second-order valence-electron chi connectivity index (χ2n) is 5.26. The molecule has 0 aliphatic heterocycles. The standard InChI is InChI=1S/C19H18N2O2/c1-12(18(20)22)16-7-3-14(4-8-16)11-15-5-9-17(10-6-15)13(2)19(21)23/h3-10H,1-2,11H2,(H2,20,22)(H2,21,23). The van der Waals surface area contributed by atoms with E-state index in [1.54, 1.807) is 0 Å². The normalized spacial score (nSPS) is 10.1. The van der Waals surface area contributed by atoms with Gasteiger partial charge >= 0.3 is 0 Å². The average Bonchev–Trinajstić information content (AvgIpc) is 2.54. The van der Waals surface area contributed by atoms with Gasteiger partial charge in [-0.2, -0.15) is 0 Å². The molecule has 2 amide bonds. The van der Waals surface area contributed by atoms with Crippen molar-refractivity contribution in [2.75, 3.05) is 0 Å². The van der Waals surface area contributed by atoms with E-state index < -0.39 is 11.8 Å². The van der Waals surface area contributed by atoms with E-state index in [9.17, 15) is 9.59 Å². The van der Waals surface area contributed by atoms with Crippen LogP contribution in [0.25, 0.3) is 11.1 Å². The van der Waals surface area contributed by atoms with Gasteiger partial charge in [0.25, 0.3) is 0 Å². The third kappa shape index (κ3) is 3.95. The number of amides is 2. The predicted octanol–water partition coefficient (Wildman–Crippen LogP) is 2.27. The molecule has 4 heteroatoms. The van der Waals surface area contributed by atoms with Gasteiger partial charge in [-0.3, -0.25) is 9.59 Å². The maximum absolute atomic E-state index is 11.1. The lowest BCUT2D eigenvalue weighted by molar-refractivity contribution is -0.113. The summed E-state index contributed by atoms with van der Waals surface area (Å²) >= 11 is 0. The molecule has 116 valence electrons. The summed E-state index contributed by atoms with van der Waals surface area (Å²) in [5.74, 6) is -1.05. The predicted molar refractivity (Wildman–Crippen MR) is 92.1 cm³/mol. The average molecular weight is 306 g/mol. The van der Waals surface area contributed by atoms with Crippen LogP contribution >= 0.6 is 0 Å². The van der Waals surface area contributed by atoms with Crippen LogP contribution in [0.2, 0.25) is 0 Å². The topological polar surface area (TPSA) is 86.2 Å². The second kappa shape index (κ2) is 6.75. The quantitative estimate of drug-likeness (QED) is 0.802.